The summed E-state index contributed by atoms with van der Waals surface area (Å²) in [5.74, 6) is 0.602. The molecule has 0 atom stereocenters. The third-order valence-electron chi connectivity index (χ3n) is 4.41. The Kier molecular flexibility index (Phi) is 4.57. The van der Waals surface area contributed by atoms with Gasteiger partial charge in [-0.25, -0.2) is 0 Å². The number of nitrogens with one attached hydrogen (secondary N) is 1. The molecule has 1 aromatic heterocycles. The van der Waals surface area contributed by atoms with E-state index in [1.54, 1.807) is 0 Å². The summed E-state index contributed by atoms with van der Waals surface area (Å²) in [6.45, 7) is 3.04. The van der Waals surface area contributed by atoms with Gasteiger partial charge in [0.25, 0.3) is 0 Å². The van der Waals surface area contributed by atoms with Crippen molar-refractivity contribution in [2.24, 2.45) is 0 Å². The zero-order valence-electron chi connectivity index (χ0n) is 12.3. The maximum Gasteiger partial charge on any atom is 0.0573 e. The summed E-state index contributed by atoms with van der Waals surface area (Å²) in [7, 11) is 0. The van der Waals surface area contributed by atoms with Crippen molar-refractivity contribution in [2.45, 2.75) is 44.7 Å². The van der Waals surface area contributed by atoms with Crippen molar-refractivity contribution in [3.05, 3.63) is 64.4 Å². The van der Waals surface area contributed by atoms with Crippen LogP contribution in [0.4, 0.5) is 0 Å². The lowest BCUT2D eigenvalue weighted by atomic mass is 9.76. The SMILES string of the molecule is CCc1cccnc1CNC1CC(c2ccccc2Cl)C1. The van der Waals surface area contributed by atoms with Gasteiger partial charge in [-0.1, -0.05) is 42.8 Å². The number of aromatic nitrogens is 1. The van der Waals surface area contributed by atoms with Gasteiger partial charge in [0, 0.05) is 23.8 Å². The number of benzene rings is 1. The minimum Gasteiger partial charge on any atom is -0.308 e. The van der Waals surface area contributed by atoms with Crippen LogP contribution in [0.25, 0.3) is 0 Å². The number of pyridine rings is 1. The minimum atomic E-state index is 0.581. The van der Waals surface area contributed by atoms with Crippen molar-refractivity contribution in [3.63, 3.8) is 0 Å². The van der Waals surface area contributed by atoms with E-state index in [4.69, 9.17) is 11.6 Å². The van der Waals surface area contributed by atoms with E-state index in [0.29, 0.717) is 12.0 Å². The number of halogens is 1. The van der Waals surface area contributed by atoms with Gasteiger partial charge in [0.05, 0.1) is 5.69 Å². The number of hydrogen-bond acceptors (Lipinski definition) is 2. The molecule has 1 heterocycles. The van der Waals surface area contributed by atoms with E-state index >= 15 is 0 Å². The largest absolute Gasteiger partial charge is 0.308 e. The zero-order valence-corrected chi connectivity index (χ0v) is 13.1. The Morgan fingerprint density at radius 1 is 1.19 bits per heavy atom. The average molecular weight is 301 g/mol. The van der Waals surface area contributed by atoms with Crippen molar-refractivity contribution >= 4 is 11.6 Å². The van der Waals surface area contributed by atoms with E-state index in [2.05, 4.69) is 35.4 Å². The molecular formula is C18H21ClN2. The Labute approximate surface area is 131 Å². The molecule has 0 saturated heterocycles. The van der Waals surface area contributed by atoms with Crippen LogP contribution in [-0.2, 0) is 13.0 Å². The third kappa shape index (κ3) is 3.28. The lowest BCUT2D eigenvalue weighted by molar-refractivity contribution is 0.288. The van der Waals surface area contributed by atoms with Crippen LogP contribution in [0.2, 0.25) is 5.02 Å². The summed E-state index contributed by atoms with van der Waals surface area (Å²) in [5.41, 5.74) is 3.82. The number of aryl methyl sites for hydroxylation is 1. The number of rotatable bonds is 5. The van der Waals surface area contributed by atoms with Gasteiger partial charge in [-0.15, -0.1) is 0 Å². The van der Waals surface area contributed by atoms with Crippen molar-refractivity contribution < 1.29 is 0 Å². The van der Waals surface area contributed by atoms with Gasteiger partial charge in [-0.05, 0) is 48.4 Å². The molecule has 3 heteroatoms. The van der Waals surface area contributed by atoms with E-state index in [1.165, 1.54) is 16.8 Å². The molecule has 0 unspecified atom stereocenters. The van der Waals surface area contributed by atoms with Gasteiger partial charge in [-0.2, -0.15) is 0 Å². The summed E-state index contributed by atoms with van der Waals surface area (Å²) >= 11 is 6.26. The predicted octanol–water partition coefficient (Wildman–Crippen LogP) is 4.33. The molecule has 2 aromatic rings. The van der Waals surface area contributed by atoms with Crippen LogP contribution < -0.4 is 5.32 Å². The second-order valence-electron chi connectivity index (χ2n) is 5.73. The summed E-state index contributed by atoms with van der Waals surface area (Å²) in [4.78, 5) is 4.49. The minimum absolute atomic E-state index is 0.581. The number of nitrogens with zero attached hydrogens (tertiary/aromatic N) is 1. The Hall–Kier alpha value is -1.38. The van der Waals surface area contributed by atoms with Gasteiger partial charge in [0.2, 0.25) is 0 Å². The van der Waals surface area contributed by atoms with Crippen LogP contribution in [-0.4, -0.2) is 11.0 Å². The van der Waals surface area contributed by atoms with Gasteiger partial charge in [-0.3, -0.25) is 4.98 Å². The molecule has 1 aromatic carbocycles. The molecule has 2 nitrogen and oxygen atoms in total. The van der Waals surface area contributed by atoms with Crippen LogP contribution in [0.1, 0.15) is 42.5 Å². The number of hydrogen-bond donors (Lipinski definition) is 1. The molecule has 0 spiro atoms. The van der Waals surface area contributed by atoms with E-state index in [1.807, 2.05) is 24.4 Å². The van der Waals surface area contributed by atoms with E-state index in [-0.39, 0.29) is 0 Å². The van der Waals surface area contributed by atoms with E-state index in [0.717, 1.165) is 30.8 Å². The molecule has 1 aliphatic carbocycles. The maximum absolute atomic E-state index is 6.26. The highest BCUT2D eigenvalue weighted by Gasteiger charge is 2.31. The monoisotopic (exact) mass is 300 g/mol. The summed E-state index contributed by atoms with van der Waals surface area (Å²) in [5, 5.41) is 4.53. The molecule has 0 aliphatic heterocycles. The first-order chi connectivity index (χ1) is 10.3. The Morgan fingerprint density at radius 3 is 2.76 bits per heavy atom. The molecule has 0 amide bonds. The first kappa shape index (κ1) is 14.6. The molecule has 21 heavy (non-hydrogen) atoms. The smallest absolute Gasteiger partial charge is 0.0573 e. The van der Waals surface area contributed by atoms with Crippen molar-refractivity contribution in [2.75, 3.05) is 0 Å². The molecule has 1 N–H and O–H groups in total. The highest BCUT2D eigenvalue weighted by Crippen LogP contribution is 2.39. The molecule has 0 bridgehead atoms. The van der Waals surface area contributed by atoms with Crippen LogP contribution in [0.5, 0.6) is 0 Å². The van der Waals surface area contributed by atoms with E-state index in [9.17, 15) is 0 Å². The van der Waals surface area contributed by atoms with Gasteiger partial charge in [0.15, 0.2) is 0 Å². The van der Waals surface area contributed by atoms with Crippen molar-refractivity contribution in [3.8, 4) is 0 Å². The fraction of sp³-hybridized carbons (Fsp3) is 0.389. The fourth-order valence-corrected chi connectivity index (χ4v) is 3.33. The molecule has 0 radical (unpaired) electrons. The molecule has 1 aliphatic rings. The van der Waals surface area contributed by atoms with Crippen LogP contribution in [0.3, 0.4) is 0 Å². The Morgan fingerprint density at radius 2 is 2.00 bits per heavy atom. The molecule has 1 saturated carbocycles. The first-order valence-electron chi connectivity index (χ1n) is 7.68. The average Bonchev–Trinajstić information content (AvgIpc) is 2.47. The van der Waals surface area contributed by atoms with Gasteiger partial charge >= 0.3 is 0 Å². The zero-order chi connectivity index (χ0) is 14.7. The van der Waals surface area contributed by atoms with Crippen LogP contribution in [0.15, 0.2) is 42.6 Å². The van der Waals surface area contributed by atoms with E-state index < -0.39 is 0 Å². The Balaban J connectivity index is 1.53. The highest BCUT2D eigenvalue weighted by molar-refractivity contribution is 6.31. The van der Waals surface area contributed by atoms with Gasteiger partial charge in [0.1, 0.15) is 0 Å². The highest BCUT2D eigenvalue weighted by atomic mass is 35.5. The maximum atomic E-state index is 6.26. The van der Waals surface area contributed by atoms with Crippen LogP contribution >= 0.6 is 11.6 Å². The van der Waals surface area contributed by atoms with Crippen LogP contribution in [0, 0.1) is 0 Å². The normalized spacial score (nSPS) is 21.0. The third-order valence-corrected chi connectivity index (χ3v) is 4.75. The molecule has 110 valence electrons. The quantitative estimate of drug-likeness (QED) is 0.889. The lowest BCUT2D eigenvalue weighted by Gasteiger charge is -2.37. The standard InChI is InChI=1S/C18H21ClN2/c1-2-13-6-5-9-20-18(13)12-21-15-10-14(11-15)16-7-3-4-8-17(16)19/h3-9,14-15,21H,2,10-12H2,1H3. The molecule has 1 fully saturated rings. The molecule has 3 rings (SSSR count). The summed E-state index contributed by atoms with van der Waals surface area (Å²) < 4.78 is 0. The summed E-state index contributed by atoms with van der Waals surface area (Å²) in [6.07, 6.45) is 5.25. The van der Waals surface area contributed by atoms with Crippen molar-refractivity contribution in [1.82, 2.24) is 10.3 Å². The topological polar surface area (TPSA) is 24.9 Å². The first-order valence-corrected chi connectivity index (χ1v) is 8.06. The summed E-state index contributed by atoms with van der Waals surface area (Å²) in [6, 6.07) is 13.0. The molecular weight excluding hydrogens is 280 g/mol. The second-order valence-corrected chi connectivity index (χ2v) is 6.14. The Bertz CT molecular complexity index is 606. The lowest BCUT2D eigenvalue weighted by Crippen LogP contribution is -2.40. The van der Waals surface area contributed by atoms with Crippen molar-refractivity contribution in [1.29, 1.82) is 0 Å². The second kappa shape index (κ2) is 6.59. The van der Waals surface area contributed by atoms with Gasteiger partial charge < -0.3 is 5.32 Å². The fourth-order valence-electron chi connectivity index (χ4n) is 3.04. The predicted molar refractivity (Wildman–Crippen MR) is 87.7 cm³/mol.